The Balaban J connectivity index is 1.98. The van der Waals surface area contributed by atoms with E-state index in [1.807, 2.05) is 18.2 Å². The SMILES string of the molecule is COc1ccc(CNC(=O)c2ccc(NC(C)(C)C)nc2)cc1OC. The molecule has 0 bridgehead atoms. The zero-order valence-corrected chi connectivity index (χ0v) is 15.3. The van der Waals surface area contributed by atoms with Crippen molar-refractivity contribution in [1.82, 2.24) is 10.3 Å². The summed E-state index contributed by atoms with van der Waals surface area (Å²) >= 11 is 0. The molecule has 0 aliphatic heterocycles. The summed E-state index contributed by atoms with van der Waals surface area (Å²) in [7, 11) is 3.17. The number of amides is 1. The van der Waals surface area contributed by atoms with E-state index in [0.717, 1.165) is 11.4 Å². The van der Waals surface area contributed by atoms with Crippen LogP contribution in [0.1, 0.15) is 36.7 Å². The van der Waals surface area contributed by atoms with Crippen LogP contribution < -0.4 is 20.1 Å². The first-order valence-corrected chi connectivity index (χ1v) is 8.06. The maximum absolute atomic E-state index is 12.3. The van der Waals surface area contributed by atoms with Gasteiger partial charge in [0.15, 0.2) is 11.5 Å². The molecular formula is C19H25N3O3. The van der Waals surface area contributed by atoms with Gasteiger partial charge in [0, 0.05) is 18.3 Å². The average molecular weight is 343 g/mol. The second kappa shape index (κ2) is 7.88. The molecule has 25 heavy (non-hydrogen) atoms. The lowest BCUT2D eigenvalue weighted by Crippen LogP contribution is -2.27. The molecule has 0 aliphatic rings. The first-order valence-electron chi connectivity index (χ1n) is 8.06. The van der Waals surface area contributed by atoms with Gasteiger partial charge in [-0.1, -0.05) is 6.07 Å². The molecule has 2 rings (SSSR count). The third-order valence-electron chi connectivity index (χ3n) is 3.43. The van der Waals surface area contributed by atoms with Crippen molar-refractivity contribution >= 4 is 11.7 Å². The van der Waals surface area contributed by atoms with Gasteiger partial charge in [-0.2, -0.15) is 0 Å². The van der Waals surface area contributed by atoms with Crippen LogP contribution in [-0.2, 0) is 6.54 Å². The maximum atomic E-state index is 12.3. The molecule has 1 aromatic heterocycles. The first kappa shape index (κ1) is 18.6. The fourth-order valence-corrected chi connectivity index (χ4v) is 2.26. The summed E-state index contributed by atoms with van der Waals surface area (Å²) in [6.45, 7) is 6.55. The van der Waals surface area contributed by atoms with Crippen molar-refractivity contribution in [1.29, 1.82) is 0 Å². The van der Waals surface area contributed by atoms with Crippen LogP contribution in [0.5, 0.6) is 11.5 Å². The molecule has 0 atom stereocenters. The molecule has 1 amide bonds. The average Bonchev–Trinajstić information content (AvgIpc) is 2.58. The monoisotopic (exact) mass is 343 g/mol. The minimum atomic E-state index is -0.176. The van der Waals surface area contributed by atoms with Crippen LogP contribution in [0.2, 0.25) is 0 Å². The second-order valence-corrected chi connectivity index (χ2v) is 6.68. The summed E-state index contributed by atoms with van der Waals surface area (Å²) < 4.78 is 10.5. The topological polar surface area (TPSA) is 72.5 Å². The number of pyridine rings is 1. The fourth-order valence-electron chi connectivity index (χ4n) is 2.26. The van der Waals surface area contributed by atoms with Crippen molar-refractivity contribution in [2.24, 2.45) is 0 Å². The molecule has 2 aromatic rings. The van der Waals surface area contributed by atoms with Crippen LogP contribution in [-0.4, -0.2) is 30.6 Å². The standard InChI is InChI=1S/C19H25N3O3/c1-19(2,3)22-17-9-7-14(12-20-17)18(23)21-11-13-6-8-15(24-4)16(10-13)25-5/h6-10,12H,11H2,1-5H3,(H,20,22)(H,21,23). The molecular weight excluding hydrogens is 318 g/mol. The largest absolute Gasteiger partial charge is 0.493 e. The number of ether oxygens (including phenoxy) is 2. The number of nitrogens with zero attached hydrogens (tertiary/aromatic N) is 1. The van der Waals surface area contributed by atoms with Crippen LogP contribution >= 0.6 is 0 Å². The van der Waals surface area contributed by atoms with Crippen molar-refractivity contribution in [3.63, 3.8) is 0 Å². The number of hydrogen-bond acceptors (Lipinski definition) is 5. The van der Waals surface area contributed by atoms with Crippen molar-refractivity contribution in [3.8, 4) is 11.5 Å². The third kappa shape index (κ3) is 5.38. The summed E-state index contributed by atoms with van der Waals surface area (Å²) in [5.74, 6) is 1.85. The Labute approximate surface area is 148 Å². The maximum Gasteiger partial charge on any atom is 0.253 e. The summed E-state index contributed by atoms with van der Waals surface area (Å²) in [6.07, 6.45) is 1.57. The predicted molar refractivity (Wildman–Crippen MR) is 98.3 cm³/mol. The van der Waals surface area contributed by atoms with E-state index in [1.165, 1.54) is 0 Å². The quantitative estimate of drug-likeness (QED) is 0.842. The molecule has 0 aliphatic carbocycles. The molecule has 6 heteroatoms. The Kier molecular flexibility index (Phi) is 5.85. The highest BCUT2D eigenvalue weighted by molar-refractivity contribution is 5.94. The molecule has 0 spiro atoms. The normalized spacial score (nSPS) is 10.9. The van der Waals surface area contributed by atoms with Crippen molar-refractivity contribution in [2.75, 3.05) is 19.5 Å². The van der Waals surface area contributed by atoms with Crippen LogP contribution in [0.15, 0.2) is 36.5 Å². The first-order chi connectivity index (χ1) is 11.8. The lowest BCUT2D eigenvalue weighted by Gasteiger charge is -2.21. The summed E-state index contributed by atoms with van der Waals surface area (Å²) in [5, 5.41) is 6.14. The Morgan fingerprint density at radius 3 is 2.36 bits per heavy atom. The van der Waals surface area contributed by atoms with Gasteiger partial charge >= 0.3 is 0 Å². The Morgan fingerprint density at radius 2 is 1.80 bits per heavy atom. The van der Waals surface area contributed by atoms with Crippen LogP contribution in [0.3, 0.4) is 0 Å². The van der Waals surface area contributed by atoms with E-state index >= 15 is 0 Å². The van der Waals surface area contributed by atoms with Gasteiger partial charge < -0.3 is 20.1 Å². The Hall–Kier alpha value is -2.76. The number of carbonyl (C=O) groups excluding carboxylic acids is 1. The zero-order valence-electron chi connectivity index (χ0n) is 15.3. The summed E-state index contributed by atoms with van der Waals surface area (Å²) in [6, 6.07) is 9.10. The van der Waals surface area contributed by atoms with Gasteiger partial charge in [-0.3, -0.25) is 4.79 Å². The lowest BCUT2D eigenvalue weighted by atomic mass is 10.1. The smallest absolute Gasteiger partial charge is 0.253 e. The number of methoxy groups -OCH3 is 2. The zero-order chi connectivity index (χ0) is 18.4. The number of rotatable bonds is 6. The van der Waals surface area contributed by atoms with Gasteiger partial charge in [-0.25, -0.2) is 4.98 Å². The van der Waals surface area contributed by atoms with Crippen LogP contribution in [0.4, 0.5) is 5.82 Å². The summed E-state index contributed by atoms with van der Waals surface area (Å²) in [4.78, 5) is 16.5. The van der Waals surface area contributed by atoms with Gasteiger partial charge in [0.1, 0.15) is 5.82 Å². The molecule has 6 nitrogen and oxygen atoms in total. The molecule has 1 aromatic carbocycles. The van der Waals surface area contributed by atoms with E-state index < -0.39 is 0 Å². The molecule has 2 N–H and O–H groups in total. The minimum absolute atomic E-state index is 0.0792. The second-order valence-electron chi connectivity index (χ2n) is 6.68. The van der Waals surface area contributed by atoms with Gasteiger partial charge in [0.2, 0.25) is 0 Å². The molecule has 0 saturated heterocycles. The van der Waals surface area contributed by atoms with Gasteiger partial charge in [-0.05, 0) is 50.6 Å². The molecule has 134 valence electrons. The van der Waals surface area contributed by atoms with Crippen molar-refractivity contribution < 1.29 is 14.3 Å². The molecule has 0 saturated carbocycles. The lowest BCUT2D eigenvalue weighted by molar-refractivity contribution is 0.0950. The molecule has 0 fully saturated rings. The van der Waals surface area contributed by atoms with E-state index in [0.29, 0.717) is 23.6 Å². The van der Waals surface area contributed by atoms with Crippen LogP contribution in [0, 0.1) is 0 Å². The van der Waals surface area contributed by atoms with E-state index in [9.17, 15) is 4.79 Å². The number of hydrogen-bond donors (Lipinski definition) is 2. The van der Waals surface area contributed by atoms with Gasteiger partial charge in [0.25, 0.3) is 5.91 Å². The third-order valence-corrected chi connectivity index (χ3v) is 3.43. The fraction of sp³-hybridized carbons (Fsp3) is 0.368. The minimum Gasteiger partial charge on any atom is -0.493 e. The van der Waals surface area contributed by atoms with E-state index in [-0.39, 0.29) is 11.4 Å². The van der Waals surface area contributed by atoms with E-state index in [2.05, 4.69) is 36.4 Å². The highest BCUT2D eigenvalue weighted by atomic mass is 16.5. The number of nitrogens with one attached hydrogen (secondary N) is 2. The molecule has 0 radical (unpaired) electrons. The predicted octanol–water partition coefficient (Wildman–Crippen LogP) is 3.24. The Bertz CT molecular complexity index is 722. The van der Waals surface area contributed by atoms with Crippen molar-refractivity contribution in [2.45, 2.75) is 32.9 Å². The number of anilines is 1. The Morgan fingerprint density at radius 1 is 1.08 bits per heavy atom. The van der Waals surface area contributed by atoms with Gasteiger partial charge in [-0.15, -0.1) is 0 Å². The van der Waals surface area contributed by atoms with E-state index in [1.54, 1.807) is 32.5 Å². The number of benzene rings is 1. The van der Waals surface area contributed by atoms with E-state index in [4.69, 9.17) is 9.47 Å². The van der Waals surface area contributed by atoms with Gasteiger partial charge in [0.05, 0.1) is 19.8 Å². The summed E-state index contributed by atoms with van der Waals surface area (Å²) in [5.41, 5.74) is 1.36. The van der Waals surface area contributed by atoms with Crippen molar-refractivity contribution in [3.05, 3.63) is 47.7 Å². The number of aromatic nitrogens is 1. The highest BCUT2D eigenvalue weighted by Crippen LogP contribution is 2.27. The van der Waals surface area contributed by atoms with Crippen LogP contribution in [0.25, 0.3) is 0 Å². The number of carbonyl (C=O) groups is 1. The highest BCUT2D eigenvalue weighted by Gasteiger charge is 2.12. The molecule has 0 unspecified atom stereocenters. The molecule has 1 heterocycles.